The number of H-pyrrole nitrogens is 1. The first-order valence-electron chi connectivity index (χ1n) is 8.25. The summed E-state index contributed by atoms with van der Waals surface area (Å²) < 4.78 is 5.09. The quantitative estimate of drug-likeness (QED) is 0.804. The molecule has 1 aromatic heterocycles. The largest absolute Gasteiger partial charge is 0.466 e. The van der Waals surface area contributed by atoms with Crippen LogP contribution in [0.4, 0.5) is 0 Å². The fraction of sp³-hybridized carbons (Fsp3) is 0.471. The number of quaternary nitrogens is 1. The molecule has 1 fully saturated rings. The summed E-state index contributed by atoms with van der Waals surface area (Å²) in [6.07, 6.45) is 1.61. The number of nitrogens with one attached hydrogen (secondary N) is 2. The molecule has 0 aliphatic carbocycles. The summed E-state index contributed by atoms with van der Waals surface area (Å²) in [5.41, 5.74) is 0.467. The van der Waals surface area contributed by atoms with E-state index in [9.17, 15) is 9.59 Å². The Morgan fingerprint density at radius 2 is 2.17 bits per heavy atom. The van der Waals surface area contributed by atoms with Gasteiger partial charge in [-0.2, -0.15) is 0 Å². The second kappa shape index (κ2) is 7.32. The molecule has 0 atom stereocenters. The van der Waals surface area contributed by atoms with Crippen LogP contribution in [0.15, 0.2) is 23.0 Å². The van der Waals surface area contributed by atoms with E-state index >= 15 is 0 Å². The molecule has 7 heteroatoms. The van der Waals surface area contributed by atoms with Gasteiger partial charge in [-0.3, -0.25) is 9.59 Å². The SMILES string of the molecule is CCOC(=O)C1CC[NH+](Cc2nc3cc(Cl)ccc3c(=O)[nH]2)CC1. The third-order valence-electron chi connectivity index (χ3n) is 4.45. The van der Waals surface area contributed by atoms with Crippen molar-refractivity contribution in [2.45, 2.75) is 26.3 Å². The zero-order valence-electron chi connectivity index (χ0n) is 13.6. The van der Waals surface area contributed by atoms with E-state index in [2.05, 4.69) is 9.97 Å². The number of benzene rings is 1. The molecule has 1 aromatic carbocycles. The lowest BCUT2D eigenvalue weighted by Gasteiger charge is -2.27. The second-order valence-corrected chi connectivity index (χ2v) is 6.56. The average molecular weight is 351 g/mol. The van der Waals surface area contributed by atoms with Crippen LogP contribution >= 0.6 is 11.6 Å². The molecule has 1 aliphatic rings. The van der Waals surface area contributed by atoms with Gasteiger partial charge in [-0.25, -0.2) is 4.98 Å². The third kappa shape index (κ3) is 3.76. The summed E-state index contributed by atoms with van der Waals surface area (Å²) in [4.78, 5) is 32.6. The van der Waals surface area contributed by atoms with Gasteiger partial charge >= 0.3 is 5.97 Å². The molecule has 2 N–H and O–H groups in total. The maximum absolute atomic E-state index is 12.2. The monoisotopic (exact) mass is 350 g/mol. The summed E-state index contributed by atoms with van der Waals surface area (Å²) in [5, 5.41) is 1.10. The Hall–Kier alpha value is -1.92. The topological polar surface area (TPSA) is 76.5 Å². The molecule has 24 heavy (non-hydrogen) atoms. The molecule has 3 rings (SSSR count). The molecule has 0 unspecified atom stereocenters. The van der Waals surface area contributed by atoms with Gasteiger partial charge in [-0.05, 0) is 25.1 Å². The molecular weight excluding hydrogens is 330 g/mol. The number of hydrogen-bond donors (Lipinski definition) is 2. The lowest BCUT2D eigenvalue weighted by Crippen LogP contribution is -3.12. The van der Waals surface area contributed by atoms with E-state index in [0.29, 0.717) is 34.9 Å². The Morgan fingerprint density at radius 3 is 2.88 bits per heavy atom. The number of carbonyl (C=O) groups excluding carboxylic acids is 1. The molecule has 128 valence electrons. The molecule has 0 spiro atoms. The summed E-state index contributed by atoms with van der Waals surface area (Å²) >= 11 is 5.99. The molecule has 0 bridgehead atoms. The highest BCUT2D eigenvalue weighted by molar-refractivity contribution is 6.31. The van der Waals surface area contributed by atoms with Gasteiger partial charge in [0.25, 0.3) is 5.56 Å². The first-order chi connectivity index (χ1) is 11.6. The first-order valence-corrected chi connectivity index (χ1v) is 8.63. The molecule has 1 aliphatic heterocycles. The van der Waals surface area contributed by atoms with Gasteiger partial charge in [0.2, 0.25) is 0 Å². The van der Waals surface area contributed by atoms with Gasteiger partial charge < -0.3 is 14.6 Å². The maximum atomic E-state index is 12.2. The molecule has 2 aromatic rings. The van der Waals surface area contributed by atoms with Crippen LogP contribution in [-0.2, 0) is 16.1 Å². The van der Waals surface area contributed by atoms with Crippen molar-refractivity contribution in [3.8, 4) is 0 Å². The van der Waals surface area contributed by atoms with E-state index in [1.165, 1.54) is 4.90 Å². The first kappa shape index (κ1) is 16.9. The minimum atomic E-state index is -0.146. The van der Waals surface area contributed by atoms with Crippen molar-refractivity contribution in [1.82, 2.24) is 9.97 Å². The van der Waals surface area contributed by atoms with E-state index in [0.717, 1.165) is 25.9 Å². The van der Waals surface area contributed by atoms with Crippen molar-refractivity contribution in [2.75, 3.05) is 19.7 Å². The van der Waals surface area contributed by atoms with Crippen molar-refractivity contribution in [2.24, 2.45) is 5.92 Å². The Labute approximate surface area is 144 Å². The van der Waals surface area contributed by atoms with Crippen LogP contribution in [0.5, 0.6) is 0 Å². The predicted molar refractivity (Wildman–Crippen MR) is 91.1 cm³/mol. The molecule has 0 amide bonds. The number of fused-ring (bicyclic) bond motifs is 1. The Morgan fingerprint density at radius 1 is 1.42 bits per heavy atom. The highest BCUT2D eigenvalue weighted by Crippen LogP contribution is 2.15. The minimum absolute atomic E-state index is 0.00359. The van der Waals surface area contributed by atoms with E-state index < -0.39 is 0 Å². The average Bonchev–Trinajstić information content (AvgIpc) is 2.55. The molecule has 0 radical (unpaired) electrons. The highest BCUT2D eigenvalue weighted by Gasteiger charge is 2.28. The second-order valence-electron chi connectivity index (χ2n) is 6.13. The van der Waals surface area contributed by atoms with Gasteiger partial charge in [0.15, 0.2) is 5.82 Å². The van der Waals surface area contributed by atoms with Crippen LogP contribution in [0.2, 0.25) is 5.02 Å². The van der Waals surface area contributed by atoms with Crippen LogP contribution in [0.1, 0.15) is 25.6 Å². The zero-order chi connectivity index (χ0) is 17.1. The number of halogens is 1. The molecule has 1 saturated heterocycles. The summed E-state index contributed by atoms with van der Waals surface area (Å²) in [7, 11) is 0. The number of carbonyl (C=O) groups is 1. The molecule has 2 heterocycles. The van der Waals surface area contributed by atoms with Gasteiger partial charge in [0.05, 0.1) is 36.5 Å². The molecular formula is C17H21ClN3O3+. The number of hydrogen-bond acceptors (Lipinski definition) is 4. The summed E-state index contributed by atoms with van der Waals surface area (Å²) in [6.45, 7) is 4.61. The number of esters is 1. The fourth-order valence-electron chi connectivity index (χ4n) is 3.18. The van der Waals surface area contributed by atoms with Gasteiger partial charge in [-0.15, -0.1) is 0 Å². The van der Waals surface area contributed by atoms with Crippen LogP contribution in [0.3, 0.4) is 0 Å². The lowest BCUT2D eigenvalue weighted by molar-refractivity contribution is -0.920. The number of piperidine rings is 1. The fourth-order valence-corrected chi connectivity index (χ4v) is 3.35. The highest BCUT2D eigenvalue weighted by atomic mass is 35.5. The molecule has 0 saturated carbocycles. The predicted octanol–water partition coefficient (Wildman–Crippen LogP) is 0.935. The Balaban J connectivity index is 1.68. The maximum Gasteiger partial charge on any atom is 0.309 e. The van der Waals surface area contributed by atoms with Gasteiger partial charge in [-0.1, -0.05) is 11.6 Å². The lowest BCUT2D eigenvalue weighted by atomic mass is 9.97. The van der Waals surface area contributed by atoms with E-state index in [-0.39, 0.29) is 17.4 Å². The number of nitrogens with zero attached hydrogens (tertiary/aromatic N) is 1. The number of rotatable bonds is 4. The van der Waals surface area contributed by atoms with Crippen LogP contribution in [0, 0.1) is 5.92 Å². The number of likely N-dealkylation sites (tertiary alicyclic amines) is 1. The van der Waals surface area contributed by atoms with Crippen molar-refractivity contribution in [3.63, 3.8) is 0 Å². The number of aromatic nitrogens is 2. The standard InChI is InChI=1S/C17H20ClN3O3/c1-2-24-17(23)11-5-7-21(8-6-11)10-15-19-14-9-12(18)3-4-13(14)16(22)20-15/h3-4,9,11H,2,5-8,10H2,1H3,(H,19,20,22)/p+1. The minimum Gasteiger partial charge on any atom is -0.466 e. The zero-order valence-corrected chi connectivity index (χ0v) is 14.4. The smallest absolute Gasteiger partial charge is 0.309 e. The van der Waals surface area contributed by atoms with Crippen molar-refractivity contribution < 1.29 is 14.4 Å². The third-order valence-corrected chi connectivity index (χ3v) is 4.68. The summed E-state index contributed by atoms with van der Waals surface area (Å²) in [5.74, 6) is 0.555. The van der Waals surface area contributed by atoms with E-state index in [1.807, 2.05) is 6.92 Å². The van der Waals surface area contributed by atoms with Gasteiger partial charge in [0, 0.05) is 17.9 Å². The van der Waals surface area contributed by atoms with Crippen molar-refractivity contribution in [3.05, 3.63) is 39.4 Å². The number of ether oxygens (including phenoxy) is 1. The van der Waals surface area contributed by atoms with E-state index in [1.54, 1.807) is 18.2 Å². The van der Waals surface area contributed by atoms with Crippen LogP contribution < -0.4 is 10.5 Å². The molecule has 6 nitrogen and oxygen atoms in total. The van der Waals surface area contributed by atoms with Gasteiger partial charge in [0.1, 0.15) is 6.54 Å². The van der Waals surface area contributed by atoms with Crippen LogP contribution in [-0.4, -0.2) is 35.6 Å². The van der Waals surface area contributed by atoms with Crippen molar-refractivity contribution >= 4 is 28.5 Å². The normalized spacial score (nSPS) is 20.9. The Bertz CT molecular complexity index is 797. The van der Waals surface area contributed by atoms with Crippen molar-refractivity contribution in [1.29, 1.82) is 0 Å². The van der Waals surface area contributed by atoms with E-state index in [4.69, 9.17) is 16.3 Å². The Kier molecular flexibility index (Phi) is 5.16. The number of aromatic amines is 1. The van der Waals surface area contributed by atoms with Crippen LogP contribution in [0.25, 0.3) is 10.9 Å². The summed E-state index contributed by atoms with van der Waals surface area (Å²) in [6, 6.07) is 5.08.